The van der Waals surface area contributed by atoms with Gasteiger partial charge in [-0.2, -0.15) is 4.99 Å². The minimum atomic E-state index is -0.455. The predicted octanol–water partition coefficient (Wildman–Crippen LogP) is 4.14. The maximum atomic E-state index is 12.9. The Morgan fingerprint density at radius 3 is 2.42 bits per heavy atom. The van der Waals surface area contributed by atoms with E-state index in [1.807, 2.05) is 36.4 Å². The van der Waals surface area contributed by atoms with Gasteiger partial charge in [-0.15, -0.1) is 0 Å². The van der Waals surface area contributed by atoms with E-state index in [-0.39, 0.29) is 13.3 Å². The van der Waals surface area contributed by atoms with Crippen LogP contribution in [-0.2, 0) is 16.1 Å². The maximum absolute atomic E-state index is 12.9. The summed E-state index contributed by atoms with van der Waals surface area (Å²) in [5.41, 5.74) is 1.10. The average Bonchev–Trinajstić information content (AvgIpc) is 3.42. The molecule has 0 aliphatic carbocycles. The number of rotatable bonds is 5. The average molecular weight is 462 g/mol. The molecule has 1 aliphatic rings. The first-order chi connectivity index (χ1) is 16.1. The molecule has 0 fully saturated rings. The number of methoxy groups -OCH3 is 1. The summed E-state index contributed by atoms with van der Waals surface area (Å²) in [4.78, 5) is 29.6. The number of hydrogen-bond acceptors (Lipinski definition) is 7. The smallest absolute Gasteiger partial charge is 0.325 e. The third-order valence-electron chi connectivity index (χ3n) is 4.97. The molecule has 0 unspecified atom stereocenters. The Balaban J connectivity index is 1.48. The second kappa shape index (κ2) is 8.79. The molecule has 8 nitrogen and oxygen atoms in total. The number of amides is 1. The van der Waals surface area contributed by atoms with Crippen molar-refractivity contribution >= 4 is 33.4 Å². The summed E-state index contributed by atoms with van der Waals surface area (Å²) < 4.78 is 23.9. The minimum absolute atomic E-state index is 0.0912. The Morgan fingerprint density at radius 1 is 1.00 bits per heavy atom. The zero-order valence-corrected chi connectivity index (χ0v) is 18.3. The number of carbonyl (C=O) groups excluding carboxylic acids is 2. The van der Waals surface area contributed by atoms with Crippen LogP contribution in [-0.4, -0.2) is 30.3 Å². The largest absolute Gasteiger partial charge is 0.468 e. The highest BCUT2D eigenvalue weighted by Crippen LogP contribution is 2.37. The fourth-order valence-corrected chi connectivity index (χ4v) is 4.37. The van der Waals surface area contributed by atoms with E-state index in [9.17, 15) is 9.59 Å². The van der Waals surface area contributed by atoms with Crippen LogP contribution in [0.5, 0.6) is 23.0 Å². The molecule has 0 N–H and O–H groups in total. The lowest BCUT2D eigenvalue weighted by molar-refractivity contribution is -0.141. The lowest BCUT2D eigenvalue weighted by atomic mass is 10.2. The van der Waals surface area contributed by atoms with Crippen molar-refractivity contribution in [2.24, 2.45) is 4.99 Å². The topological polar surface area (TPSA) is 88.4 Å². The molecule has 4 aromatic rings. The number of esters is 1. The number of fused-ring (bicyclic) bond motifs is 2. The fourth-order valence-electron chi connectivity index (χ4n) is 3.33. The van der Waals surface area contributed by atoms with Gasteiger partial charge in [0.15, 0.2) is 16.3 Å². The molecule has 5 rings (SSSR count). The standard InChI is InChI=1S/C24H18N2O6S/c1-29-22(27)13-26-18-11-19-20(31-14-30-19)12-21(18)33-24(26)25-23(28)15-7-9-17(10-8-15)32-16-5-3-2-4-6-16/h2-12H,13-14H2,1H3. The Kier molecular flexibility index (Phi) is 5.54. The molecular formula is C24H18N2O6S. The van der Waals surface area contributed by atoms with E-state index in [0.717, 1.165) is 4.70 Å². The lowest BCUT2D eigenvalue weighted by Crippen LogP contribution is -2.22. The molecular weight excluding hydrogens is 444 g/mol. The number of ether oxygens (including phenoxy) is 4. The van der Waals surface area contributed by atoms with E-state index in [4.69, 9.17) is 18.9 Å². The molecule has 1 aromatic heterocycles. The Hall–Kier alpha value is -4.11. The van der Waals surface area contributed by atoms with Crippen molar-refractivity contribution in [1.29, 1.82) is 0 Å². The highest BCUT2D eigenvalue weighted by Gasteiger charge is 2.19. The molecule has 9 heteroatoms. The zero-order chi connectivity index (χ0) is 22.8. The molecule has 0 spiro atoms. The van der Waals surface area contributed by atoms with Gasteiger partial charge >= 0.3 is 5.97 Å². The lowest BCUT2D eigenvalue weighted by Gasteiger charge is -2.06. The SMILES string of the molecule is COC(=O)Cn1c(=NC(=O)c2ccc(Oc3ccccc3)cc2)sc2cc3c(cc21)OCO3. The molecule has 0 radical (unpaired) electrons. The van der Waals surface area contributed by atoms with E-state index in [0.29, 0.717) is 38.9 Å². The highest BCUT2D eigenvalue weighted by atomic mass is 32.1. The summed E-state index contributed by atoms with van der Waals surface area (Å²) in [5, 5.41) is 0. The minimum Gasteiger partial charge on any atom is -0.468 e. The molecule has 0 bridgehead atoms. The van der Waals surface area contributed by atoms with Gasteiger partial charge in [-0.1, -0.05) is 29.5 Å². The normalized spacial score (nSPS) is 12.7. The number of aromatic nitrogens is 1. The first-order valence-electron chi connectivity index (χ1n) is 10.0. The van der Waals surface area contributed by atoms with Crippen molar-refractivity contribution < 1.29 is 28.5 Å². The van der Waals surface area contributed by atoms with Gasteiger partial charge in [-0.3, -0.25) is 9.59 Å². The van der Waals surface area contributed by atoms with Crippen LogP contribution in [0, 0.1) is 0 Å². The molecule has 0 saturated heterocycles. The van der Waals surface area contributed by atoms with Crippen LogP contribution >= 0.6 is 11.3 Å². The highest BCUT2D eigenvalue weighted by molar-refractivity contribution is 7.16. The molecule has 33 heavy (non-hydrogen) atoms. The first kappa shape index (κ1) is 20.8. The summed E-state index contributed by atoms with van der Waals surface area (Å²) in [6.07, 6.45) is 0. The summed E-state index contributed by atoms with van der Waals surface area (Å²) in [6, 6.07) is 19.7. The summed E-state index contributed by atoms with van der Waals surface area (Å²) in [7, 11) is 1.31. The van der Waals surface area contributed by atoms with Crippen LogP contribution in [0.4, 0.5) is 0 Å². The number of benzene rings is 3. The molecule has 1 aliphatic heterocycles. The summed E-state index contributed by atoms with van der Waals surface area (Å²) in [5.74, 6) is 1.60. The van der Waals surface area contributed by atoms with Crippen molar-refractivity contribution in [2.45, 2.75) is 6.54 Å². The number of nitrogens with zero attached hydrogens (tertiary/aromatic N) is 2. The maximum Gasteiger partial charge on any atom is 0.325 e. The van der Waals surface area contributed by atoms with Crippen LogP contribution in [0.1, 0.15) is 10.4 Å². The van der Waals surface area contributed by atoms with Gasteiger partial charge < -0.3 is 23.5 Å². The Bertz CT molecular complexity index is 1410. The number of carbonyl (C=O) groups is 2. The molecule has 2 heterocycles. The predicted molar refractivity (Wildman–Crippen MR) is 121 cm³/mol. The second-order valence-electron chi connectivity index (χ2n) is 7.08. The quantitative estimate of drug-likeness (QED) is 0.414. The number of thiazole rings is 1. The molecule has 166 valence electrons. The van der Waals surface area contributed by atoms with Gasteiger partial charge in [0.25, 0.3) is 5.91 Å². The number of para-hydroxylation sites is 1. The van der Waals surface area contributed by atoms with Crippen LogP contribution in [0.2, 0.25) is 0 Å². The molecule has 3 aromatic carbocycles. The van der Waals surface area contributed by atoms with Gasteiger partial charge in [-0.05, 0) is 36.4 Å². The van der Waals surface area contributed by atoms with Crippen molar-refractivity contribution in [1.82, 2.24) is 4.57 Å². The second-order valence-corrected chi connectivity index (χ2v) is 8.09. The molecule has 0 atom stereocenters. The van der Waals surface area contributed by atoms with E-state index < -0.39 is 11.9 Å². The third kappa shape index (κ3) is 4.31. The Morgan fingerprint density at radius 2 is 1.70 bits per heavy atom. The van der Waals surface area contributed by atoms with Crippen LogP contribution in [0.25, 0.3) is 10.2 Å². The monoisotopic (exact) mass is 462 g/mol. The zero-order valence-electron chi connectivity index (χ0n) is 17.5. The van der Waals surface area contributed by atoms with E-state index >= 15 is 0 Å². The van der Waals surface area contributed by atoms with Crippen LogP contribution in [0.3, 0.4) is 0 Å². The van der Waals surface area contributed by atoms with E-state index in [1.54, 1.807) is 34.9 Å². The van der Waals surface area contributed by atoms with E-state index in [2.05, 4.69) is 4.99 Å². The number of hydrogen-bond donors (Lipinski definition) is 0. The third-order valence-corrected chi connectivity index (χ3v) is 6.01. The van der Waals surface area contributed by atoms with Gasteiger partial charge in [-0.25, -0.2) is 0 Å². The van der Waals surface area contributed by atoms with Gasteiger partial charge in [0.05, 0.1) is 17.3 Å². The van der Waals surface area contributed by atoms with E-state index in [1.165, 1.54) is 18.4 Å². The van der Waals surface area contributed by atoms with Crippen molar-refractivity contribution in [3.05, 3.63) is 77.1 Å². The Labute approximate surface area is 192 Å². The van der Waals surface area contributed by atoms with Crippen molar-refractivity contribution in [3.63, 3.8) is 0 Å². The van der Waals surface area contributed by atoms with Crippen molar-refractivity contribution in [3.8, 4) is 23.0 Å². The van der Waals surface area contributed by atoms with Gasteiger partial charge in [0.1, 0.15) is 18.0 Å². The van der Waals surface area contributed by atoms with Gasteiger partial charge in [0.2, 0.25) is 6.79 Å². The van der Waals surface area contributed by atoms with Crippen molar-refractivity contribution in [2.75, 3.05) is 13.9 Å². The summed E-state index contributed by atoms with van der Waals surface area (Å²) >= 11 is 1.28. The fraction of sp³-hybridized carbons (Fsp3) is 0.125. The summed E-state index contributed by atoms with van der Waals surface area (Å²) in [6.45, 7) is 0.0510. The molecule has 0 saturated carbocycles. The van der Waals surface area contributed by atoms with Crippen LogP contribution < -0.4 is 19.0 Å². The van der Waals surface area contributed by atoms with Crippen LogP contribution in [0.15, 0.2) is 71.7 Å². The van der Waals surface area contributed by atoms with Gasteiger partial charge in [0, 0.05) is 17.7 Å². The first-order valence-corrected chi connectivity index (χ1v) is 10.8. The molecule has 1 amide bonds.